The number of esters is 1. The van der Waals surface area contributed by atoms with Crippen LogP contribution in [-0.2, 0) is 9.53 Å². The molecule has 146 valence electrons. The number of hydrogen-bond donors (Lipinski definition) is 1. The van der Waals surface area contributed by atoms with E-state index in [0.29, 0.717) is 11.6 Å². The molecule has 0 unspecified atom stereocenters. The van der Waals surface area contributed by atoms with Crippen molar-refractivity contribution in [2.24, 2.45) is 5.10 Å². The Hall–Kier alpha value is -2.53. The number of hydrogen-bond acceptors (Lipinski definition) is 5. The molecule has 0 aliphatic heterocycles. The smallest absolute Gasteiger partial charge is 0.462 e. The summed E-state index contributed by atoms with van der Waals surface area (Å²) < 4.78 is 96.6. The third-order valence-corrected chi connectivity index (χ3v) is 2.71. The number of hydrazone groups is 1. The second kappa shape index (κ2) is 8.23. The third kappa shape index (κ3) is 5.49. The van der Waals surface area contributed by atoms with Gasteiger partial charge in [-0.05, 0) is 36.8 Å². The van der Waals surface area contributed by atoms with Gasteiger partial charge < -0.3 is 9.47 Å². The number of halogens is 7. The van der Waals surface area contributed by atoms with E-state index in [1.54, 1.807) is 6.92 Å². The van der Waals surface area contributed by atoms with Gasteiger partial charge in [-0.15, -0.1) is 0 Å². The molecule has 0 aromatic heterocycles. The molecule has 0 bridgehead atoms. The Morgan fingerprint density at radius 1 is 1.12 bits per heavy atom. The zero-order valence-electron chi connectivity index (χ0n) is 13.1. The minimum atomic E-state index is -6.45. The van der Waals surface area contributed by atoms with Gasteiger partial charge in [-0.1, -0.05) is 0 Å². The minimum Gasteiger partial charge on any atom is -0.482 e. The van der Waals surface area contributed by atoms with Crippen LogP contribution in [0.3, 0.4) is 0 Å². The molecule has 1 rings (SSSR count). The fourth-order valence-corrected chi connectivity index (χ4v) is 1.43. The molecule has 26 heavy (non-hydrogen) atoms. The van der Waals surface area contributed by atoms with Gasteiger partial charge in [0.15, 0.2) is 6.61 Å². The van der Waals surface area contributed by atoms with Crippen LogP contribution >= 0.6 is 0 Å². The van der Waals surface area contributed by atoms with Crippen LogP contribution in [0.15, 0.2) is 29.4 Å². The molecule has 0 saturated carbocycles. The van der Waals surface area contributed by atoms with Crippen LogP contribution in [0.25, 0.3) is 0 Å². The highest BCUT2D eigenvalue weighted by Gasteiger charge is 2.73. The van der Waals surface area contributed by atoms with Gasteiger partial charge in [-0.2, -0.15) is 35.8 Å². The maximum absolute atomic E-state index is 12.9. The largest absolute Gasteiger partial charge is 0.482 e. The second-order valence-corrected chi connectivity index (χ2v) is 4.68. The van der Waals surface area contributed by atoms with Gasteiger partial charge >= 0.3 is 24.1 Å². The fraction of sp³-hybridized carbons (Fsp3) is 0.429. The van der Waals surface area contributed by atoms with Crippen LogP contribution in [0.4, 0.5) is 30.7 Å². The van der Waals surface area contributed by atoms with Gasteiger partial charge in [0.25, 0.3) is 0 Å². The Balaban J connectivity index is 2.65. The van der Waals surface area contributed by atoms with Gasteiger partial charge in [0.2, 0.25) is 0 Å². The van der Waals surface area contributed by atoms with E-state index < -0.39 is 24.1 Å². The first-order valence-corrected chi connectivity index (χ1v) is 6.92. The molecule has 1 N–H and O–H groups in total. The Morgan fingerprint density at radius 2 is 1.69 bits per heavy atom. The summed E-state index contributed by atoms with van der Waals surface area (Å²) in [6, 6.07) is -0.562. The summed E-state index contributed by atoms with van der Waals surface area (Å²) in [7, 11) is 0. The Kier molecular flexibility index (Phi) is 6.81. The average Bonchev–Trinajstić information content (AvgIpc) is 2.53. The number of carbonyl (C=O) groups excluding carboxylic acids is 1. The highest BCUT2D eigenvalue weighted by Crippen LogP contribution is 2.44. The van der Waals surface area contributed by atoms with Crippen LogP contribution < -0.4 is 10.2 Å². The molecular weight excluding hydrogens is 377 g/mol. The number of nitrogens with zero attached hydrogens (tertiary/aromatic N) is 1. The number of nitrogens with one attached hydrogen (secondary N) is 1. The van der Waals surface area contributed by atoms with Crippen LogP contribution in [0.2, 0.25) is 0 Å². The maximum atomic E-state index is 12.9. The van der Waals surface area contributed by atoms with Crippen molar-refractivity contribution >= 4 is 12.2 Å². The number of carbonyl (C=O) groups is 1. The van der Waals surface area contributed by atoms with E-state index in [-0.39, 0.29) is 24.5 Å². The van der Waals surface area contributed by atoms with Crippen molar-refractivity contribution in [3.8, 4) is 5.75 Å². The Bertz CT molecular complexity index is 630. The summed E-state index contributed by atoms with van der Waals surface area (Å²) in [4.78, 5) is 11.1. The van der Waals surface area contributed by atoms with E-state index in [1.165, 1.54) is 24.3 Å². The first-order chi connectivity index (χ1) is 11.9. The molecule has 0 atom stereocenters. The molecule has 1 aromatic carbocycles. The van der Waals surface area contributed by atoms with E-state index in [2.05, 4.69) is 9.84 Å². The minimum absolute atomic E-state index is 0.0899. The van der Waals surface area contributed by atoms with Crippen LogP contribution in [0.1, 0.15) is 12.5 Å². The predicted molar refractivity (Wildman–Crippen MR) is 75.2 cm³/mol. The number of ether oxygens (including phenoxy) is 2. The highest BCUT2D eigenvalue weighted by atomic mass is 19.4. The van der Waals surface area contributed by atoms with E-state index in [1.807, 2.05) is 0 Å². The molecule has 0 saturated heterocycles. The highest BCUT2D eigenvalue weighted by molar-refractivity contribution is 5.79. The van der Waals surface area contributed by atoms with Crippen molar-refractivity contribution in [2.45, 2.75) is 25.1 Å². The summed E-state index contributed by atoms with van der Waals surface area (Å²) >= 11 is 0. The molecule has 1 aromatic rings. The van der Waals surface area contributed by atoms with Gasteiger partial charge in [0, 0.05) is 0 Å². The molecule has 0 heterocycles. The Labute approximate surface area is 142 Å². The normalized spacial score (nSPS) is 12.9. The quantitative estimate of drug-likeness (QED) is 0.243. The van der Waals surface area contributed by atoms with Crippen molar-refractivity contribution in [2.75, 3.05) is 13.2 Å². The van der Waals surface area contributed by atoms with Crippen molar-refractivity contribution < 1.29 is 45.0 Å². The van der Waals surface area contributed by atoms with Crippen LogP contribution in [0.5, 0.6) is 5.75 Å². The SMILES string of the molecule is CCOC(=O)COc1ccc(/C=N/NC(F)(F)C(F)(F)C(F)(F)F)cc1. The lowest BCUT2D eigenvalue weighted by atomic mass is 10.2. The molecule has 0 amide bonds. The van der Waals surface area contributed by atoms with Crippen LogP contribution in [-0.4, -0.2) is 43.5 Å². The molecule has 0 aliphatic carbocycles. The van der Waals surface area contributed by atoms with Gasteiger partial charge in [-0.3, -0.25) is 0 Å². The van der Waals surface area contributed by atoms with E-state index in [4.69, 9.17) is 4.74 Å². The first kappa shape index (κ1) is 21.5. The van der Waals surface area contributed by atoms with E-state index in [0.717, 1.165) is 0 Å². The van der Waals surface area contributed by atoms with Crippen molar-refractivity contribution in [1.29, 1.82) is 0 Å². The lowest BCUT2D eigenvalue weighted by molar-refractivity contribution is -0.361. The van der Waals surface area contributed by atoms with E-state index >= 15 is 0 Å². The van der Waals surface area contributed by atoms with Gasteiger partial charge in [0.05, 0.1) is 12.8 Å². The van der Waals surface area contributed by atoms with Gasteiger partial charge in [-0.25, -0.2) is 10.2 Å². The standard InChI is InChI=1S/C14H13F7N2O3/c1-2-25-11(24)8-26-10-5-3-9(4-6-10)7-22-23-14(20,21)12(15,16)13(17,18)19/h3-7,23H,2,8H2,1H3/b22-7+. The first-order valence-electron chi connectivity index (χ1n) is 6.92. The molecule has 5 nitrogen and oxygen atoms in total. The fourth-order valence-electron chi connectivity index (χ4n) is 1.43. The topological polar surface area (TPSA) is 59.9 Å². The maximum Gasteiger partial charge on any atom is 0.462 e. The average molecular weight is 390 g/mol. The number of alkyl halides is 7. The molecule has 0 fully saturated rings. The molecule has 0 aliphatic rings. The van der Waals surface area contributed by atoms with Gasteiger partial charge in [0.1, 0.15) is 5.75 Å². The molecule has 12 heteroatoms. The number of rotatable bonds is 8. The third-order valence-electron chi connectivity index (χ3n) is 2.71. The lowest BCUT2D eigenvalue weighted by Gasteiger charge is -2.27. The second-order valence-electron chi connectivity index (χ2n) is 4.68. The summed E-state index contributed by atoms with van der Waals surface area (Å²) in [5.74, 6) is -6.71. The zero-order chi connectivity index (χ0) is 20.0. The summed E-state index contributed by atoms with van der Waals surface area (Å²) in [6.07, 6.45) is -5.84. The van der Waals surface area contributed by atoms with Crippen LogP contribution in [0, 0.1) is 0 Å². The van der Waals surface area contributed by atoms with E-state index in [9.17, 15) is 35.5 Å². The van der Waals surface area contributed by atoms with Crippen molar-refractivity contribution in [1.82, 2.24) is 5.43 Å². The monoisotopic (exact) mass is 390 g/mol. The molecule has 0 spiro atoms. The molecule has 0 radical (unpaired) electrons. The lowest BCUT2D eigenvalue weighted by Crippen LogP contribution is -2.58. The number of benzene rings is 1. The Morgan fingerprint density at radius 3 is 2.19 bits per heavy atom. The summed E-state index contributed by atoms with van der Waals surface area (Å²) in [5.41, 5.74) is 0.587. The summed E-state index contributed by atoms with van der Waals surface area (Å²) in [6.45, 7) is 1.40. The van der Waals surface area contributed by atoms with Crippen molar-refractivity contribution in [3.63, 3.8) is 0 Å². The zero-order valence-corrected chi connectivity index (χ0v) is 13.1. The molecular formula is C14H13F7N2O3. The predicted octanol–water partition coefficient (Wildman–Crippen LogP) is 3.34. The summed E-state index contributed by atoms with van der Waals surface area (Å²) in [5, 5.41) is 2.70. The van der Waals surface area contributed by atoms with Crippen molar-refractivity contribution in [3.05, 3.63) is 29.8 Å².